The van der Waals surface area contributed by atoms with Crippen LogP contribution in [0.1, 0.15) is 30.1 Å². The van der Waals surface area contributed by atoms with Crippen LogP contribution in [0.25, 0.3) is 0 Å². The van der Waals surface area contributed by atoms with E-state index in [4.69, 9.17) is 27.9 Å². The molecule has 1 aliphatic heterocycles. The third-order valence-corrected chi connectivity index (χ3v) is 6.86. The van der Waals surface area contributed by atoms with Gasteiger partial charge in [0.05, 0.1) is 20.5 Å². The summed E-state index contributed by atoms with van der Waals surface area (Å²) in [4.78, 5) is 28.7. The molecule has 1 N–H and O–H groups in total. The summed E-state index contributed by atoms with van der Waals surface area (Å²) in [5, 5.41) is 2.89. The van der Waals surface area contributed by atoms with E-state index < -0.39 is 28.0 Å². The fraction of sp³-hybridized carbons (Fsp3) is 0.316. The maximum Gasteiger partial charge on any atom is 0.338 e. The van der Waals surface area contributed by atoms with E-state index in [0.29, 0.717) is 18.1 Å². The van der Waals surface area contributed by atoms with Crippen LogP contribution in [-0.4, -0.2) is 48.8 Å². The Morgan fingerprint density at radius 2 is 1.90 bits per heavy atom. The molecule has 30 heavy (non-hydrogen) atoms. The van der Waals surface area contributed by atoms with Crippen molar-refractivity contribution in [2.45, 2.75) is 30.8 Å². The first-order valence-electron chi connectivity index (χ1n) is 9.11. The summed E-state index contributed by atoms with van der Waals surface area (Å²) in [6.45, 7) is 2.28. The zero-order chi connectivity index (χ0) is 21.9. The van der Waals surface area contributed by atoms with E-state index in [0.717, 1.165) is 12.8 Å². The number of nitrogens with zero attached hydrogens (tertiary/aromatic N) is 2. The molecular formula is C19H19Cl2N3O5S. The van der Waals surface area contributed by atoms with Crippen molar-refractivity contribution in [3.05, 3.63) is 52.1 Å². The summed E-state index contributed by atoms with van der Waals surface area (Å²) in [5.41, 5.74) is 0.0255. The Hall–Kier alpha value is -2.20. The van der Waals surface area contributed by atoms with E-state index in [1.54, 1.807) is 0 Å². The minimum atomic E-state index is -3.68. The SMILES string of the molecule is CC(OC(=O)c1cccc(S(=O)(=O)N2CCCC2)c1)C(=O)Nc1ncc(Cl)cc1Cl. The quantitative estimate of drug-likeness (QED) is 0.647. The molecule has 0 spiro atoms. The molecule has 160 valence electrons. The third-order valence-electron chi connectivity index (χ3n) is 4.48. The second kappa shape index (κ2) is 9.30. The second-order valence-electron chi connectivity index (χ2n) is 6.66. The largest absolute Gasteiger partial charge is 0.449 e. The lowest BCUT2D eigenvalue weighted by molar-refractivity contribution is -0.123. The summed E-state index contributed by atoms with van der Waals surface area (Å²) in [7, 11) is -3.68. The van der Waals surface area contributed by atoms with Crippen LogP contribution in [0.5, 0.6) is 0 Å². The van der Waals surface area contributed by atoms with E-state index in [2.05, 4.69) is 10.3 Å². The Kier molecular flexibility index (Phi) is 6.97. The number of sulfonamides is 1. The Morgan fingerprint density at radius 3 is 2.57 bits per heavy atom. The lowest BCUT2D eigenvalue weighted by atomic mass is 10.2. The van der Waals surface area contributed by atoms with Gasteiger partial charge in [0.2, 0.25) is 10.0 Å². The Balaban J connectivity index is 1.68. The van der Waals surface area contributed by atoms with Gasteiger partial charge in [-0.25, -0.2) is 18.2 Å². The number of halogens is 2. The second-order valence-corrected chi connectivity index (χ2v) is 9.44. The van der Waals surface area contributed by atoms with E-state index in [1.165, 1.54) is 47.8 Å². The molecule has 1 saturated heterocycles. The van der Waals surface area contributed by atoms with Crippen LogP contribution >= 0.6 is 23.2 Å². The topological polar surface area (TPSA) is 106 Å². The number of hydrogen-bond acceptors (Lipinski definition) is 6. The predicted octanol–water partition coefficient (Wildman–Crippen LogP) is 3.36. The van der Waals surface area contributed by atoms with Gasteiger partial charge in [-0.15, -0.1) is 0 Å². The first-order valence-corrected chi connectivity index (χ1v) is 11.3. The molecule has 2 heterocycles. The monoisotopic (exact) mass is 471 g/mol. The number of hydrogen-bond donors (Lipinski definition) is 1. The number of ether oxygens (including phenoxy) is 1. The van der Waals surface area contributed by atoms with Crippen molar-refractivity contribution < 1.29 is 22.7 Å². The number of pyridine rings is 1. The molecular weight excluding hydrogens is 453 g/mol. The number of aromatic nitrogens is 1. The number of anilines is 1. The molecule has 0 radical (unpaired) electrons. The van der Waals surface area contributed by atoms with Gasteiger partial charge in [-0.2, -0.15) is 4.31 Å². The highest BCUT2D eigenvalue weighted by Gasteiger charge is 2.28. The van der Waals surface area contributed by atoms with Crippen LogP contribution < -0.4 is 5.32 Å². The smallest absolute Gasteiger partial charge is 0.338 e. The fourth-order valence-corrected chi connectivity index (χ4v) is 4.86. The molecule has 2 aromatic rings. The van der Waals surface area contributed by atoms with Gasteiger partial charge in [0.15, 0.2) is 11.9 Å². The predicted molar refractivity (Wildman–Crippen MR) is 112 cm³/mol. The van der Waals surface area contributed by atoms with E-state index in [9.17, 15) is 18.0 Å². The van der Waals surface area contributed by atoms with Crippen LogP contribution in [-0.2, 0) is 19.6 Å². The highest BCUT2D eigenvalue weighted by atomic mass is 35.5. The number of carbonyl (C=O) groups is 2. The minimum absolute atomic E-state index is 0.00750. The summed E-state index contributed by atoms with van der Waals surface area (Å²) < 4.78 is 31.9. The van der Waals surface area contributed by atoms with Crippen LogP contribution in [0.2, 0.25) is 10.0 Å². The molecule has 0 bridgehead atoms. The molecule has 1 fully saturated rings. The molecule has 11 heteroatoms. The van der Waals surface area contributed by atoms with Crippen LogP contribution in [0.3, 0.4) is 0 Å². The average molecular weight is 472 g/mol. The number of amides is 1. The average Bonchev–Trinajstić information content (AvgIpc) is 3.26. The van der Waals surface area contributed by atoms with Gasteiger partial charge in [-0.3, -0.25) is 4.79 Å². The third kappa shape index (κ3) is 5.10. The first-order chi connectivity index (χ1) is 14.2. The van der Waals surface area contributed by atoms with Crippen molar-refractivity contribution in [1.82, 2.24) is 9.29 Å². The molecule has 3 rings (SSSR count). The molecule has 1 amide bonds. The molecule has 1 aliphatic rings. The Bertz CT molecular complexity index is 1070. The number of benzene rings is 1. The number of rotatable bonds is 6. The van der Waals surface area contributed by atoms with E-state index >= 15 is 0 Å². The summed E-state index contributed by atoms with van der Waals surface area (Å²) >= 11 is 11.7. The van der Waals surface area contributed by atoms with Crippen LogP contribution in [0.4, 0.5) is 5.82 Å². The number of esters is 1. The van der Waals surface area contributed by atoms with Gasteiger partial charge in [-0.1, -0.05) is 29.3 Å². The van der Waals surface area contributed by atoms with Crippen molar-refractivity contribution in [2.75, 3.05) is 18.4 Å². The molecule has 1 aromatic heterocycles. The first kappa shape index (κ1) is 22.5. The van der Waals surface area contributed by atoms with Crippen molar-refractivity contribution in [3.63, 3.8) is 0 Å². The summed E-state index contributed by atoms with van der Waals surface area (Å²) in [6, 6.07) is 6.97. The highest BCUT2D eigenvalue weighted by Crippen LogP contribution is 2.24. The number of carbonyl (C=O) groups excluding carboxylic acids is 2. The van der Waals surface area contributed by atoms with Gasteiger partial charge in [0, 0.05) is 19.3 Å². The van der Waals surface area contributed by atoms with Crippen molar-refractivity contribution >= 4 is 50.9 Å². The maximum absolute atomic E-state index is 12.7. The standard InChI is InChI=1S/C19H19Cl2N3O5S/c1-12(18(25)23-17-16(21)10-14(20)11-22-17)29-19(26)13-5-4-6-15(9-13)30(27,28)24-7-2-3-8-24/h4-6,9-12H,2-3,7-8H2,1H3,(H,22,23,25). The molecule has 8 nitrogen and oxygen atoms in total. The van der Waals surface area contributed by atoms with Gasteiger partial charge in [-0.05, 0) is 44.0 Å². The van der Waals surface area contributed by atoms with Crippen LogP contribution in [0.15, 0.2) is 41.4 Å². The summed E-state index contributed by atoms with van der Waals surface area (Å²) in [5.74, 6) is -1.40. The van der Waals surface area contributed by atoms with Gasteiger partial charge in [0.1, 0.15) is 0 Å². The van der Waals surface area contributed by atoms with E-state index in [-0.39, 0.29) is 21.3 Å². The van der Waals surface area contributed by atoms with Crippen molar-refractivity contribution in [1.29, 1.82) is 0 Å². The minimum Gasteiger partial charge on any atom is -0.449 e. The number of nitrogens with one attached hydrogen (secondary N) is 1. The van der Waals surface area contributed by atoms with Crippen LogP contribution in [0, 0.1) is 0 Å². The van der Waals surface area contributed by atoms with Gasteiger partial charge < -0.3 is 10.1 Å². The molecule has 1 atom stereocenters. The zero-order valence-electron chi connectivity index (χ0n) is 16.0. The highest BCUT2D eigenvalue weighted by molar-refractivity contribution is 7.89. The van der Waals surface area contributed by atoms with Gasteiger partial charge in [0.25, 0.3) is 5.91 Å². The Morgan fingerprint density at radius 1 is 1.20 bits per heavy atom. The van der Waals surface area contributed by atoms with E-state index in [1.807, 2.05) is 0 Å². The normalized spacial score (nSPS) is 15.6. The zero-order valence-corrected chi connectivity index (χ0v) is 18.3. The maximum atomic E-state index is 12.7. The van der Waals surface area contributed by atoms with Gasteiger partial charge >= 0.3 is 5.97 Å². The lowest BCUT2D eigenvalue weighted by Crippen LogP contribution is -2.30. The molecule has 0 aliphatic carbocycles. The molecule has 0 saturated carbocycles. The van der Waals surface area contributed by atoms with Crippen molar-refractivity contribution in [2.24, 2.45) is 0 Å². The fourth-order valence-electron chi connectivity index (χ4n) is 2.87. The Labute approximate surface area is 184 Å². The van der Waals surface area contributed by atoms with Crippen molar-refractivity contribution in [3.8, 4) is 0 Å². The molecule has 1 unspecified atom stereocenters. The lowest BCUT2D eigenvalue weighted by Gasteiger charge is -2.16. The summed E-state index contributed by atoms with van der Waals surface area (Å²) in [6.07, 6.45) is 1.75. The molecule has 1 aromatic carbocycles.